The molecule has 1 aromatic rings. The fourth-order valence-corrected chi connectivity index (χ4v) is 3.92. The lowest BCUT2D eigenvalue weighted by atomic mass is 10.1. The van der Waals surface area contributed by atoms with E-state index in [0.29, 0.717) is 16.5 Å². The number of sulfonamides is 1. The van der Waals surface area contributed by atoms with Crippen LogP contribution in [0.3, 0.4) is 0 Å². The molecule has 2 atom stereocenters. The van der Waals surface area contributed by atoms with Gasteiger partial charge < -0.3 is 5.32 Å². The molecule has 1 aromatic carbocycles. The van der Waals surface area contributed by atoms with Gasteiger partial charge in [-0.15, -0.1) is 0 Å². The fourth-order valence-electron chi connectivity index (χ4n) is 2.21. The van der Waals surface area contributed by atoms with E-state index in [2.05, 4.69) is 5.32 Å². The van der Waals surface area contributed by atoms with E-state index in [-0.39, 0.29) is 23.6 Å². The third kappa shape index (κ3) is 5.53. The maximum Gasteiger partial charge on any atom is 0.244 e. The van der Waals surface area contributed by atoms with Gasteiger partial charge in [-0.05, 0) is 37.5 Å². The predicted octanol–water partition coefficient (Wildman–Crippen LogP) is 3.70. The maximum absolute atomic E-state index is 12.6. The topological polar surface area (TPSA) is 66.5 Å². The maximum atomic E-state index is 12.6. The Labute approximate surface area is 154 Å². The van der Waals surface area contributed by atoms with Gasteiger partial charge in [-0.25, -0.2) is 8.42 Å². The van der Waals surface area contributed by atoms with Crippen LogP contribution in [0.2, 0.25) is 10.0 Å². The number of anilines is 1. The van der Waals surface area contributed by atoms with E-state index in [1.165, 1.54) is 18.2 Å². The van der Waals surface area contributed by atoms with Crippen LogP contribution in [0.4, 0.5) is 5.69 Å². The molecule has 0 radical (unpaired) electrons. The lowest BCUT2D eigenvalue weighted by molar-refractivity contribution is -0.123. The van der Waals surface area contributed by atoms with E-state index in [0.717, 1.165) is 10.6 Å². The molecular weight excluding hydrogens is 371 g/mol. The Balaban J connectivity index is 3.30. The van der Waals surface area contributed by atoms with Crippen molar-refractivity contribution in [3.63, 3.8) is 0 Å². The van der Waals surface area contributed by atoms with Gasteiger partial charge in [-0.3, -0.25) is 9.10 Å². The zero-order valence-corrected chi connectivity index (χ0v) is 16.8. The minimum Gasteiger partial charge on any atom is -0.352 e. The number of carbonyl (C=O) groups excluding carboxylic acids is 1. The number of benzene rings is 1. The summed E-state index contributed by atoms with van der Waals surface area (Å²) in [4.78, 5) is 12.6. The van der Waals surface area contributed by atoms with Gasteiger partial charge in [0.05, 0.1) is 11.9 Å². The Morgan fingerprint density at radius 2 is 1.67 bits per heavy atom. The third-order valence-electron chi connectivity index (χ3n) is 3.80. The minimum atomic E-state index is -3.71. The Bertz CT molecular complexity index is 672. The van der Waals surface area contributed by atoms with Crippen molar-refractivity contribution in [2.75, 3.05) is 10.6 Å². The van der Waals surface area contributed by atoms with Crippen LogP contribution in [0.15, 0.2) is 18.2 Å². The van der Waals surface area contributed by atoms with Gasteiger partial charge >= 0.3 is 0 Å². The SMILES string of the molecule is CC[C@H](C(=O)N[C@H](C)C(C)C)N(c1cc(Cl)cc(Cl)c1)S(C)(=O)=O. The van der Waals surface area contributed by atoms with Crippen LogP contribution in [0.25, 0.3) is 0 Å². The zero-order valence-electron chi connectivity index (χ0n) is 14.5. The molecule has 0 fully saturated rings. The van der Waals surface area contributed by atoms with Gasteiger partial charge in [0.15, 0.2) is 0 Å². The van der Waals surface area contributed by atoms with Gasteiger partial charge in [-0.2, -0.15) is 0 Å². The minimum absolute atomic E-state index is 0.0732. The first-order valence-corrected chi connectivity index (χ1v) is 10.3. The molecule has 0 aliphatic rings. The van der Waals surface area contributed by atoms with Crippen LogP contribution in [0, 0.1) is 5.92 Å². The monoisotopic (exact) mass is 394 g/mol. The van der Waals surface area contributed by atoms with Crippen molar-refractivity contribution in [3.05, 3.63) is 28.2 Å². The Morgan fingerprint density at radius 1 is 1.17 bits per heavy atom. The first-order chi connectivity index (χ1) is 11.0. The van der Waals surface area contributed by atoms with Crippen LogP contribution >= 0.6 is 23.2 Å². The van der Waals surface area contributed by atoms with Gasteiger partial charge in [0.25, 0.3) is 0 Å². The zero-order chi connectivity index (χ0) is 18.7. The average Bonchev–Trinajstić information content (AvgIpc) is 2.41. The predicted molar refractivity (Wildman–Crippen MR) is 100 cm³/mol. The normalized spacial score (nSPS) is 14.3. The molecule has 0 aliphatic carbocycles. The van der Waals surface area contributed by atoms with Crippen molar-refractivity contribution >= 4 is 44.8 Å². The summed E-state index contributed by atoms with van der Waals surface area (Å²) in [5.41, 5.74) is 0.272. The molecule has 0 saturated heterocycles. The number of amides is 1. The molecule has 0 saturated carbocycles. The van der Waals surface area contributed by atoms with E-state index >= 15 is 0 Å². The van der Waals surface area contributed by atoms with Crippen molar-refractivity contribution in [1.82, 2.24) is 5.32 Å². The molecule has 1 rings (SSSR count). The number of hydrogen-bond acceptors (Lipinski definition) is 3. The van der Waals surface area contributed by atoms with Gasteiger partial charge in [0, 0.05) is 16.1 Å². The van der Waals surface area contributed by atoms with E-state index < -0.39 is 16.1 Å². The van der Waals surface area contributed by atoms with E-state index in [1.54, 1.807) is 6.92 Å². The van der Waals surface area contributed by atoms with Crippen molar-refractivity contribution in [3.8, 4) is 0 Å². The highest BCUT2D eigenvalue weighted by molar-refractivity contribution is 7.92. The first-order valence-electron chi connectivity index (χ1n) is 7.73. The lowest BCUT2D eigenvalue weighted by Gasteiger charge is -2.31. The Hall–Kier alpha value is -0.980. The summed E-state index contributed by atoms with van der Waals surface area (Å²) in [5.74, 6) is -0.112. The molecule has 8 heteroatoms. The molecule has 0 aliphatic heterocycles. The van der Waals surface area contributed by atoms with E-state index in [9.17, 15) is 13.2 Å². The summed E-state index contributed by atoms with van der Waals surface area (Å²) >= 11 is 12.0. The standard InChI is InChI=1S/C16H24Cl2N2O3S/c1-6-15(16(21)19-11(4)10(2)3)20(24(5,22)23)14-8-12(17)7-13(18)9-14/h7-11,15H,6H2,1-5H3,(H,19,21)/t11-,15-/m1/s1. The van der Waals surface area contributed by atoms with Crippen LogP contribution < -0.4 is 9.62 Å². The highest BCUT2D eigenvalue weighted by Crippen LogP contribution is 2.29. The second-order valence-electron chi connectivity index (χ2n) is 6.15. The molecule has 0 heterocycles. The third-order valence-corrected chi connectivity index (χ3v) is 5.42. The van der Waals surface area contributed by atoms with Crippen LogP contribution in [0.1, 0.15) is 34.1 Å². The average molecular weight is 395 g/mol. The largest absolute Gasteiger partial charge is 0.352 e. The van der Waals surface area contributed by atoms with Crippen LogP contribution in [0.5, 0.6) is 0 Å². The molecule has 5 nitrogen and oxygen atoms in total. The molecule has 136 valence electrons. The fraction of sp³-hybridized carbons (Fsp3) is 0.562. The lowest BCUT2D eigenvalue weighted by Crippen LogP contribution is -2.52. The molecule has 24 heavy (non-hydrogen) atoms. The summed E-state index contributed by atoms with van der Waals surface area (Å²) in [6.07, 6.45) is 1.37. The number of carbonyl (C=O) groups is 1. The van der Waals surface area contributed by atoms with Crippen molar-refractivity contribution < 1.29 is 13.2 Å². The van der Waals surface area contributed by atoms with Crippen LogP contribution in [-0.2, 0) is 14.8 Å². The summed E-state index contributed by atoms with van der Waals surface area (Å²) in [6.45, 7) is 7.61. The number of halogens is 2. The number of nitrogens with zero attached hydrogens (tertiary/aromatic N) is 1. The molecule has 0 spiro atoms. The Morgan fingerprint density at radius 3 is 2.04 bits per heavy atom. The van der Waals surface area contributed by atoms with Crippen molar-refractivity contribution in [2.45, 2.75) is 46.2 Å². The molecule has 1 amide bonds. The Kier molecular flexibility index (Phi) is 7.38. The summed E-state index contributed by atoms with van der Waals surface area (Å²) in [7, 11) is -3.71. The molecule has 1 N–H and O–H groups in total. The molecule has 0 aromatic heterocycles. The summed E-state index contributed by atoms with van der Waals surface area (Å²) in [6, 6.07) is 3.52. The summed E-state index contributed by atoms with van der Waals surface area (Å²) < 4.78 is 25.8. The summed E-state index contributed by atoms with van der Waals surface area (Å²) in [5, 5.41) is 3.48. The highest BCUT2D eigenvalue weighted by Gasteiger charge is 2.32. The molecular formula is C16H24Cl2N2O3S. The van der Waals surface area contributed by atoms with Crippen molar-refractivity contribution in [1.29, 1.82) is 0 Å². The number of hydrogen-bond donors (Lipinski definition) is 1. The molecule has 0 unspecified atom stereocenters. The van der Waals surface area contributed by atoms with Gasteiger partial charge in [0.2, 0.25) is 15.9 Å². The molecule has 0 bridgehead atoms. The first kappa shape index (κ1) is 21.1. The van der Waals surface area contributed by atoms with Gasteiger partial charge in [0.1, 0.15) is 6.04 Å². The van der Waals surface area contributed by atoms with E-state index in [4.69, 9.17) is 23.2 Å². The number of rotatable bonds is 7. The second-order valence-corrected chi connectivity index (χ2v) is 8.88. The number of nitrogens with one attached hydrogen (secondary N) is 1. The highest BCUT2D eigenvalue weighted by atomic mass is 35.5. The quantitative estimate of drug-likeness (QED) is 0.766. The van der Waals surface area contributed by atoms with Gasteiger partial charge in [-0.1, -0.05) is 44.0 Å². The van der Waals surface area contributed by atoms with Crippen LogP contribution in [-0.4, -0.2) is 32.7 Å². The van der Waals surface area contributed by atoms with E-state index in [1.807, 2.05) is 20.8 Å². The smallest absolute Gasteiger partial charge is 0.244 e. The van der Waals surface area contributed by atoms with Crippen molar-refractivity contribution in [2.24, 2.45) is 5.92 Å². The second kappa shape index (κ2) is 8.41.